The van der Waals surface area contributed by atoms with Gasteiger partial charge < -0.3 is 11.1 Å². The molecule has 5 nitrogen and oxygen atoms in total. The van der Waals surface area contributed by atoms with E-state index in [9.17, 15) is 18.0 Å². The molecule has 2 atom stereocenters. The fraction of sp³-hybridized carbons (Fsp3) is 0.167. The molecule has 1 amide bonds. The Morgan fingerprint density at radius 3 is 2.32 bits per heavy atom. The number of pyridine rings is 1. The summed E-state index contributed by atoms with van der Waals surface area (Å²) in [6, 6.07) is 14.5. The molecule has 34 heavy (non-hydrogen) atoms. The number of amides is 1. The van der Waals surface area contributed by atoms with Crippen LogP contribution in [0.2, 0.25) is 10.0 Å². The Bertz CT molecular complexity index is 1340. The first-order valence-electron chi connectivity index (χ1n) is 10.2. The first-order valence-corrected chi connectivity index (χ1v) is 11.0. The van der Waals surface area contributed by atoms with Crippen molar-refractivity contribution in [1.29, 1.82) is 0 Å². The van der Waals surface area contributed by atoms with Crippen LogP contribution >= 0.6 is 23.2 Å². The van der Waals surface area contributed by atoms with Crippen LogP contribution in [0.4, 0.5) is 19.0 Å². The van der Waals surface area contributed by atoms with Gasteiger partial charge in [0.25, 0.3) is 0 Å². The smallest absolute Gasteiger partial charge is 0.368 e. The highest BCUT2D eigenvalue weighted by molar-refractivity contribution is 6.36. The fourth-order valence-corrected chi connectivity index (χ4v) is 4.28. The Labute approximate surface area is 203 Å². The maximum atomic E-state index is 13.1. The lowest BCUT2D eigenvalue weighted by Gasteiger charge is -2.24. The summed E-state index contributed by atoms with van der Waals surface area (Å²) >= 11 is 12.5. The average molecular weight is 507 g/mol. The van der Waals surface area contributed by atoms with Gasteiger partial charge in [0.15, 0.2) is 5.65 Å². The number of hydrogen-bond donors (Lipinski definition) is 2. The van der Waals surface area contributed by atoms with Gasteiger partial charge in [0.05, 0.1) is 15.6 Å². The van der Waals surface area contributed by atoms with Crippen LogP contribution in [-0.4, -0.2) is 21.3 Å². The summed E-state index contributed by atoms with van der Waals surface area (Å²) in [4.78, 5) is 17.0. The summed E-state index contributed by atoms with van der Waals surface area (Å²) in [6.45, 7) is 1.85. The second-order valence-corrected chi connectivity index (χ2v) is 8.65. The number of halogens is 5. The van der Waals surface area contributed by atoms with E-state index in [0.717, 1.165) is 17.7 Å². The van der Waals surface area contributed by atoms with Gasteiger partial charge >= 0.3 is 6.18 Å². The number of nitrogens with zero attached hydrogens (tertiary/aromatic N) is 2. The number of fused-ring (bicyclic) bond motifs is 1. The van der Waals surface area contributed by atoms with Gasteiger partial charge in [0.2, 0.25) is 5.91 Å². The lowest BCUT2D eigenvalue weighted by Crippen LogP contribution is -2.40. The Kier molecular flexibility index (Phi) is 6.47. The SMILES string of the molecule is CC(c1ccccc1)C(Nc1c(-c2ccc(C(F)(F)F)cc2)nc2c(Cl)cc(Cl)cn12)C(N)=O. The number of primary amides is 1. The monoisotopic (exact) mass is 506 g/mol. The number of rotatable bonds is 6. The quantitative estimate of drug-likeness (QED) is 0.318. The highest BCUT2D eigenvalue weighted by Gasteiger charge is 2.31. The maximum absolute atomic E-state index is 13.1. The summed E-state index contributed by atoms with van der Waals surface area (Å²) in [6.07, 6.45) is -2.92. The fourth-order valence-electron chi connectivity index (χ4n) is 3.77. The first kappa shape index (κ1) is 23.9. The van der Waals surface area contributed by atoms with Crippen molar-refractivity contribution in [3.05, 3.63) is 88.0 Å². The van der Waals surface area contributed by atoms with Gasteiger partial charge in [-0.05, 0) is 23.8 Å². The molecule has 0 bridgehead atoms. The predicted octanol–water partition coefficient (Wildman–Crippen LogP) is 6.40. The van der Waals surface area contributed by atoms with Crippen LogP contribution in [0.1, 0.15) is 24.0 Å². The van der Waals surface area contributed by atoms with Crippen LogP contribution in [0.15, 0.2) is 66.9 Å². The Balaban J connectivity index is 1.85. The van der Waals surface area contributed by atoms with E-state index in [-0.39, 0.29) is 10.9 Å². The molecule has 0 radical (unpaired) electrons. The summed E-state index contributed by atoms with van der Waals surface area (Å²) in [7, 11) is 0. The molecule has 3 N–H and O–H groups in total. The topological polar surface area (TPSA) is 72.4 Å². The van der Waals surface area contributed by atoms with Crippen molar-refractivity contribution in [2.24, 2.45) is 5.73 Å². The third-order valence-electron chi connectivity index (χ3n) is 5.55. The van der Waals surface area contributed by atoms with Crippen LogP contribution in [0.5, 0.6) is 0 Å². The van der Waals surface area contributed by atoms with E-state index in [1.54, 1.807) is 10.6 Å². The number of alkyl halides is 3. The molecule has 0 saturated heterocycles. The summed E-state index contributed by atoms with van der Waals surface area (Å²) in [5.74, 6) is -0.622. The number of imidazole rings is 1. The van der Waals surface area contributed by atoms with Crippen LogP contribution in [-0.2, 0) is 11.0 Å². The number of anilines is 1. The second kappa shape index (κ2) is 9.19. The highest BCUT2D eigenvalue weighted by atomic mass is 35.5. The molecule has 0 fully saturated rings. The second-order valence-electron chi connectivity index (χ2n) is 7.81. The third-order valence-corrected chi connectivity index (χ3v) is 6.04. The molecular formula is C24H19Cl2F3N4O. The van der Waals surface area contributed by atoms with Crippen LogP contribution in [0, 0.1) is 0 Å². The standard InChI is InChI=1S/C24H19Cl2F3N4O/c1-13(14-5-3-2-4-6-14)19(21(30)34)31-23-20(15-7-9-16(10-8-15)24(27,28)29)32-22-18(26)11-17(25)12-33(22)23/h2-13,19,31H,1H3,(H2,30,34). The molecule has 10 heteroatoms. The van der Waals surface area contributed by atoms with E-state index in [1.807, 2.05) is 37.3 Å². The van der Waals surface area contributed by atoms with Gasteiger partial charge in [-0.3, -0.25) is 9.20 Å². The van der Waals surface area contributed by atoms with Gasteiger partial charge in [0, 0.05) is 17.7 Å². The van der Waals surface area contributed by atoms with Gasteiger partial charge in [-0.1, -0.05) is 72.6 Å². The highest BCUT2D eigenvalue weighted by Crippen LogP contribution is 2.36. The van der Waals surface area contributed by atoms with Gasteiger partial charge in [-0.25, -0.2) is 4.98 Å². The van der Waals surface area contributed by atoms with E-state index in [1.165, 1.54) is 18.2 Å². The zero-order valence-electron chi connectivity index (χ0n) is 17.8. The summed E-state index contributed by atoms with van der Waals surface area (Å²) in [5, 5.41) is 3.70. The predicted molar refractivity (Wildman–Crippen MR) is 127 cm³/mol. The van der Waals surface area contributed by atoms with Crippen molar-refractivity contribution < 1.29 is 18.0 Å². The minimum atomic E-state index is -4.47. The summed E-state index contributed by atoms with van der Waals surface area (Å²) < 4.78 is 40.7. The van der Waals surface area contributed by atoms with Crippen molar-refractivity contribution in [2.75, 3.05) is 5.32 Å². The van der Waals surface area contributed by atoms with E-state index >= 15 is 0 Å². The van der Waals surface area contributed by atoms with Crippen molar-refractivity contribution in [3.8, 4) is 11.3 Å². The van der Waals surface area contributed by atoms with Crippen LogP contribution < -0.4 is 11.1 Å². The normalized spacial score (nSPS) is 13.6. The molecule has 4 aromatic rings. The number of aromatic nitrogens is 2. The number of hydrogen-bond acceptors (Lipinski definition) is 3. The molecule has 2 unspecified atom stereocenters. The van der Waals surface area contributed by atoms with Crippen molar-refractivity contribution in [2.45, 2.75) is 25.1 Å². The Morgan fingerprint density at radius 2 is 1.74 bits per heavy atom. The molecule has 4 rings (SSSR count). The van der Waals surface area contributed by atoms with Crippen molar-refractivity contribution in [1.82, 2.24) is 9.38 Å². The molecule has 0 spiro atoms. The molecule has 0 saturated carbocycles. The number of nitrogens with one attached hydrogen (secondary N) is 1. The molecule has 2 aromatic carbocycles. The number of benzene rings is 2. The molecule has 0 aliphatic carbocycles. The van der Waals surface area contributed by atoms with Crippen molar-refractivity contribution in [3.63, 3.8) is 0 Å². The number of carbonyl (C=O) groups excluding carboxylic acids is 1. The Morgan fingerprint density at radius 1 is 1.09 bits per heavy atom. The van der Waals surface area contributed by atoms with E-state index in [2.05, 4.69) is 10.3 Å². The summed E-state index contributed by atoms with van der Waals surface area (Å²) in [5.41, 5.74) is 6.83. The van der Waals surface area contributed by atoms with Gasteiger partial charge in [-0.2, -0.15) is 13.2 Å². The minimum absolute atomic E-state index is 0.237. The van der Waals surface area contributed by atoms with Gasteiger partial charge in [-0.15, -0.1) is 0 Å². The van der Waals surface area contributed by atoms with E-state index in [4.69, 9.17) is 28.9 Å². The molecule has 2 heterocycles. The van der Waals surface area contributed by atoms with Crippen LogP contribution in [0.3, 0.4) is 0 Å². The van der Waals surface area contributed by atoms with E-state index < -0.39 is 23.7 Å². The molecular weight excluding hydrogens is 488 g/mol. The largest absolute Gasteiger partial charge is 0.416 e. The molecule has 176 valence electrons. The lowest BCUT2D eigenvalue weighted by atomic mass is 9.92. The van der Waals surface area contributed by atoms with Crippen molar-refractivity contribution >= 4 is 40.6 Å². The number of carbonyl (C=O) groups is 1. The lowest BCUT2D eigenvalue weighted by molar-refractivity contribution is -0.137. The van der Waals surface area contributed by atoms with E-state index in [0.29, 0.717) is 27.7 Å². The average Bonchev–Trinajstić information content (AvgIpc) is 3.15. The first-order chi connectivity index (χ1) is 16.1. The zero-order chi connectivity index (χ0) is 24.6. The number of nitrogens with two attached hydrogens (primary N) is 1. The van der Waals surface area contributed by atoms with Crippen LogP contribution in [0.25, 0.3) is 16.9 Å². The minimum Gasteiger partial charge on any atom is -0.368 e. The third kappa shape index (κ3) is 4.69. The Hall–Kier alpha value is -3.23. The zero-order valence-corrected chi connectivity index (χ0v) is 19.3. The van der Waals surface area contributed by atoms with Gasteiger partial charge in [0.1, 0.15) is 17.6 Å². The molecule has 0 aliphatic heterocycles. The molecule has 2 aromatic heterocycles. The molecule has 0 aliphatic rings. The maximum Gasteiger partial charge on any atom is 0.416 e.